The van der Waals surface area contributed by atoms with Crippen molar-refractivity contribution in [3.05, 3.63) is 41.3 Å². The molecular formula is C16H18FN3O2. The second kappa shape index (κ2) is 5.87. The molecule has 1 saturated heterocycles. The minimum atomic E-state index is -0.347. The maximum atomic E-state index is 13.5. The summed E-state index contributed by atoms with van der Waals surface area (Å²) in [5.74, 6) is 0.640. The van der Waals surface area contributed by atoms with E-state index < -0.39 is 0 Å². The molecule has 0 aliphatic carbocycles. The first-order chi connectivity index (χ1) is 10.6. The van der Waals surface area contributed by atoms with Gasteiger partial charge >= 0.3 is 0 Å². The molecule has 1 unspecified atom stereocenters. The van der Waals surface area contributed by atoms with Crippen molar-refractivity contribution in [2.75, 3.05) is 11.4 Å². The number of hydrogen-bond donors (Lipinski definition) is 0. The van der Waals surface area contributed by atoms with Gasteiger partial charge in [-0.1, -0.05) is 18.1 Å². The van der Waals surface area contributed by atoms with Gasteiger partial charge in [-0.05, 0) is 31.0 Å². The SMILES string of the molecule is CCCc1noc(C2CC(=O)N(c3cc(F)ccc3C)C2)n1. The standard InChI is InChI=1S/C16H18FN3O2/c1-3-4-14-18-16(22-19-14)11-7-15(21)20(9-11)13-8-12(17)6-5-10(13)2/h5-6,8,11H,3-4,7,9H2,1-2H3. The summed E-state index contributed by atoms with van der Waals surface area (Å²) in [5, 5.41) is 3.93. The van der Waals surface area contributed by atoms with Gasteiger partial charge in [-0.15, -0.1) is 0 Å². The van der Waals surface area contributed by atoms with Crippen molar-refractivity contribution in [1.29, 1.82) is 0 Å². The molecule has 1 aromatic carbocycles. The van der Waals surface area contributed by atoms with Gasteiger partial charge < -0.3 is 9.42 Å². The number of rotatable bonds is 4. The zero-order chi connectivity index (χ0) is 15.7. The summed E-state index contributed by atoms with van der Waals surface area (Å²) in [6.07, 6.45) is 2.01. The Hall–Kier alpha value is -2.24. The molecule has 0 spiro atoms. The summed E-state index contributed by atoms with van der Waals surface area (Å²) in [6, 6.07) is 4.47. The Bertz CT molecular complexity index is 698. The summed E-state index contributed by atoms with van der Waals surface area (Å²) < 4.78 is 18.7. The molecule has 2 aromatic rings. The highest BCUT2D eigenvalue weighted by molar-refractivity contribution is 5.97. The number of carbonyl (C=O) groups excluding carboxylic acids is 1. The van der Waals surface area contributed by atoms with Crippen LogP contribution in [0.5, 0.6) is 0 Å². The number of anilines is 1. The van der Waals surface area contributed by atoms with E-state index in [-0.39, 0.29) is 17.6 Å². The average Bonchev–Trinajstić information content (AvgIpc) is 3.09. The summed E-state index contributed by atoms with van der Waals surface area (Å²) in [7, 11) is 0. The minimum Gasteiger partial charge on any atom is -0.339 e. The topological polar surface area (TPSA) is 59.2 Å². The molecule has 0 saturated carbocycles. The molecule has 1 fully saturated rings. The minimum absolute atomic E-state index is 0.0473. The Morgan fingerprint density at radius 1 is 1.45 bits per heavy atom. The molecule has 0 bridgehead atoms. The van der Waals surface area contributed by atoms with Crippen molar-refractivity contribution in [2.45, 2.75) is 39.0 Å². The maximum Gasteiger partial charge on any atom is 0.232 e. The first kappa shape index (κ1) is 14.7. The maximum absolute atomic E-state index is 13.5. The lowest BCUT2D eigenvalue weighted by atomic mass is 10.1. The molecule has 116 valence electrons. The van der Waals surface area contributed by atoms with Crippen molar-refractivity contribution in [2.24, 2.45) is 0 Å². The Balaban J connectivity index is 1.82. The third-order valence-electron chi connectivity index (χ3n) is 3.89. The van der Waals surface area contributed by atoms with Crippen molar-refractivity contribution >= 4 is 11.6 Å². The van der Waals surface area contributed by atoms with Gasteiger partial charge in [0.1, 0.15) is 5.82 Å². The van der Waals surface area contributed by atoms with Crippen LogP contribution in [0.3, 0.4) is 0 Å². The monoisotopic (exact) mass is 303 g/mol. The molecule has 1 aromatic heterocycles. The number of benzene rings is 1. The number of aryl methyl sites for hydroxylation is 2. The molecule has 2 heterocycles. The number of halogens is 1. The van der Waals surface area contributed by atoms with Crippen LogP contribution >= 0.6 is 0 Å². The first-order valence-electron chi connectivity index (χ1n) is 7.47. The van der Waals surface area contributed by atoms with Crippen LogP contribution in [0.4, 0.5) is 10.1 Å². The lowest BCUT2D eigenvalue weighted by Crippen LogP contribution is -2.25. The average molecular weight is 303 g/mol. The number of hydrogen-bond acceptors (Lipinski definition) is 4. The molecular weight excluding hydrogens is 285 g/mol. The highest BCUT2D eigenvalue weighted by Crippen LogP contribution is 2.33. The summed E-state index contributed by atoms with van der Waals surface area (Å²) >= 11 is 0. The van der Waals surface area contributed by atoms with Crippen LogP contribution < -0.4 is 4.90 Å². The van der Waals surface area contributed by atoms with E-state index in [9.17, 15) is 9.18 Å². The van der Waals surface area contributed by atoms with Crippen LogP contribution in [0.1, 0.15) is 43.0 Å². The third-order valence-corrected chi connectivity index (χ3v) is 3.89. The highest BCUT2D eigenvalue weighted by atomic mass is 19.1. The number of nitrogens with zero attached hydrogens (tertiary/aromatic N) is 3. The largest absolute Gasteiger partial charge is 0.339 e. The lowest BCUT2D eigenvalue weighted by molar-refractivity contribution is -0.117. The van der Waals surface area contributed by atoms with Crippen molar-refractivity contribution in [3.63, 3.8) is 0 Å². The van der Waals surface area contributed by atoms with Gasteiger partial charge in [0.05, 0.1) is 5.92 Å². The predicted octanol–water partition coefficient (Wildman–Crippen LogP) is 2.99. The van der Waals surface area contributed by atoms with E-state index in [0.29, 0.717) is 30.4 Å². The molecule has 3 rings (SSSR count). The van der Waals surface area contributed by atoms with Crippen LogP contribution in [0.25, 0.3) is 0 Å². The summed E-state index contributed by atoms with van der Waals surface area (Å²) in [6.45, 7) is 4.35. The smallest absolute Gasteiger partial charge is 0.232 e. The molecule has 1 atom stereocenters. The Labute approximate surface area is 128 Å². The predicted molar refractivity (Wildman–Crippen MR) is 79.1 cm³/mol. The van der Waals surface area contributed by atoms with Gasteiger partial charge in [-0.2, -0.15) is 4.98 Å². The van der Waals surface area contributed by atoms with Gasteiger partial charge in [0, 0.05) is 25.1 Å². The number of carbonyl (C=O) groups is 1. The Morgan fingerprint density at radius 2 is 2.27 bits per heavy atom. The van der Waals surface area contributed by atoms with Crippen LogP contribution in [-0.2, 0) is 11.2 Å². The van der Waals surface area contributed by atoms with Gasteiger partial charge in [0.25, 0.3) is 0 Å². The lowest BCUT2D eigenvalue weighted by Gasteiger charge is -2.18. The molecule has 1 aliphatic rings. The van der Waals surface area contributed by atoms with Crippen molar-refractivity contribution in [3.8, 4) is 0 Å². The molecule has 6 heteroatoms. The fourth-order valence-corrected chi connectivity index (χ4v) is 2.74. The van der Waals surface area contributed by atoms with E-state index in [4.69, 9.17) is 4.52 Å². The molecule has 1 amide bonds. The van der Waals surface area contributed by atoms with E-state index in [1.807, 2.05) is 13.8 Å². The fourth-order valence-electron chi connectivity index (χ4n) is 2.74. The van der Waals surface area contributed by atoms with Crippen molar-refractivity contribution in [1.82, 2.24) is 10.1 Å². The van der Waals surface area contributed by atoms with Crippen LogP contribution in [-0.4, -0.2) is 22.6 Å². The Morgan fingerprint density at radius 3 is 3.05 bits per heavy atom. The van der Waals surface area contributed by atoms with E-state index in [1.54, 1.807) is 11.0 Å². The van der Waals surface area contributed by atoms with Gasteiger partial charge in [-0.25, -0.2) is 4.39 Å². The summed E-state index contributed by atoms with van der Waals surface area (Å²) in [4.78, 5) is 18.2. The third kappa shape index (κ3) is 2.73. The van der Waals surface area contributed by atoms with Gasteiger partial charge in [0.15, 0.2) is 5.82 Å². The van der Waals surface area contributed by atoms with E-state index >= 15 is 0 Å². The second-order valence-corrected chi connectivity index (χ2v) is 5.64. The zero-order valence-corrected chi connectivity index (χ0v) is 12.7. The number of aromatic nitrogens is 2. The van der Waals surface area contributed by atoms with Crippen LogP contribution in [0.2, 0.25) is 0 Å². The van der Waals surface area contributed by atoms with E-state index in [2.05, 4.69) is 10.1 Å². The second-order valence-electron chi connectivity index (χ2n) is 5.64. The molecule has 22 heavy (non-hydrogen) atoms. The van der Waals surface area contributed by atoms with E-state index in [0.717, 1.165) is 18.4 Å². The molecule has 0 N–H and O–H groups in total. The van der Waals surface area contributed by atoms with Crippen molar-refractivity contribution < 1.29 is 13.7 Å². The highest BCUT2D eigenvalue weighted by Gasteiger charge is 2.35. The quantitative estimate of drug-likeness (QED) is 0.871. The normalized spacial score (nSPS) is 18.2. The first-order valence-corrected chi connectivity index (χ1v) is 7.47. The molecule has 0 radical (unpaired) electrons. The number of amides is 1. The molecule has 5 nitrogen and oxygen atoms in total. The Kier molecular flexibility index (Phi) is 3.92. The molecule has 1 aliphatic heterocycles. The van der Waals surface area contributed by atoms with Crippen LogP contribution in [0, 0.1) is 12.7 Å². The van der Waals surface area contributed by atoms with Crippen LogP contribution in [0.15, 0.2) is 22.7 Å². The zero-order valence-electron chi connectivity index (χ0n) is 12.7. The fraction of sp³-hybridized carbons (Fsp3) is 0.438. The summed E-state index contributed by atoms with van der Waals surface area (Å²) in [5.41, 5.74) is 1.48. The van der Waals surface area contributed by atoms with Gasteiger partial charge in [-0.3, -0.25) is 4.79 Å². The van der Waals surface area contributed by atoms with Gasteiger partial charge in [0.2, 0.25) is 11.8 Å². The van der Waals surface area contributed by atoms with E-state index in [1.165, 1.54) is 12.1 Å².